The van der Waals surface area contributed by atoms with Gasteiger partial charge in [-0.05, 0) is 38.0 Å². The van der Waals surface area contributed by atoms with Gasteiger partial charge in [-0.2, -0.15) is 0 Å². The van der Waals surface area contributed by atoms with Gasteiger partial charge < -0.3 is 9.78 Å². The van der Waals surface area contributed by atoms with E-state index in [4.69, 9.17) is 0 Å². The van der Waals surface area contributed by atoms with Crippen LogP contribution in [0.25, 0.3) is 11.0 Å². The Morgan fingerprint density at radius 1 is 1.35 bits per heavy atom. The molecule has 0 fully saturated rings. The maximum absolute atomic E-state index is 11.0. The third kappa shape index (κ3) is 2.23. The predicted octanol–water partition coefficient (Wildman–Crippen LogP) is 2.95. The summed E-state index contributed by atoms with van der Waals surface area (Å²) in [5.74, 6) is 0. The summed E-state index contributed by atoms with van der Waals surface area (Å²) in [7, 11) is 0. The van der Waals surface area contributed by atoms with Gasteiger partial charge in [0, 0.05) is 16.8 Å². The third-order valence-electron chi connectivity index (χ3n) is 3.05. The first kappa shape index (κ1) is 11.8. The molecule has 0 aliphatic heterocycles. The highest BCUT2D eigenvalue weighted by Crippen LogP contribution is 2.27. The summed E-state index contributed by atoms with van der Waals surface area (Å²) in [6.45, 7) is 7.92. The standard InChI is InChI=1S/C14H18N2O/c1-9-5-6-12-13(15-9)11(10(2)16-12)7-14(3,4)8-17/h5-6,8,16H,7H2,1-4H3. The van der Waals surface area contributed by atoms with E-state index in [0.29, 0.717) is 0 Å². The van der Waals surface area contributed by atoms with Crippen molar-refractivity contribution in [3.8, 4) is 0 Å². The first-order valence-corrected chi connectivity index (χ1v) is 5.84. The SMILES string of the molecule is Cc1ccc2[nH]c(C)c(CC(C)(C)C=O)c2n1. The predicted molar refractivity (Wildman–Crippen MR) is 69.1 cm³/mol. The van der Waals surface area contributed by atoms with Crippen molar-refractivity contribution in [2.45, 2.75) is 34.1 Å². The Morgan fingerprint density at radius 3 is 2.71 bits per heavy atom. The molecule has 2 rings (SSSR count). The van der Waals surface area contributed by atoms with Crippen molar-refractivity contribution in [1.29, 1.82) is 0 Å². The van der Waals surface area contributed by atoms with Crippen LogP contribution in [0.5, 0.6) is 0 Å². The minimum absolute atomic E-state index is 0.342. The highest BCUT2D eigenvalue weighted by molar-refractivity contribution is 5.81. The smallest absolute Gasteiger partial charge is 0.125 e. The third-order valence-corrected chi connectivity index (χ3v) is 3.05. The average Bonchev–Trinajstić information content (AvgIpc) is 2.56. The fourth-order valence-corrected chi connectivity index (χ4v) is 2.06. The van der Waals surface area contributed by atoms with Crippen molar-refractivity contribution in [3.05, 3.63) is 29.1 Å². The Bertz CT molecular complexity index is 567. The van der Waals surface area contributed by atoms with E-state index in [1.54, 1.807) is 0 Å². The van der Waals surface area contributed by atoms with E-state index in [2.05, 4.69) is 9.97 Å². The second-order valence-electron chi connectivity index (χ2n) is 5.36. The highest BCUT2D eigenvalue weighted by atomic mass is 16.1. The zero-order valence-corrected chi connectivity index (χ0v) is 10.8. The second-order valence-corrected chi connectivity index (χ2v) is 5.36. The largest absolute Gasteiger partial charge is 0.357 e. The molecule has 0 aliphatic rings. The van der Waals surface area contributed by atoms with Gasteiger partial charge in [0.05, 0.1) is 11.0 Å². The van der Waals surface area contributed by atoms with Crippen LogP contribution in [0.1, 0.15) is 30.8 Å². The van der Waals surface area contributed by atoms with Crippen LogP contribution >= 0.6 is 0 Å². The van der Waals surface area contributed by atoms with Crippen LogP contribution in [-0.4, -0.2) is 16.3 Å². The zero-order chi connectivity index (χ0) is 12.6. The molecule has 0 bridgehead atoms. The quantitative estimate of drug-likeness (QED) is 0.824. The molecular formula is C14H18N2O. The summed E-state index contributed by atoms with van der Waals surface area (Å²) in [5.41, 5.74) is 4.96. The van der Waals surface area contributed by atoms with Crippen LogP contribution in [0.4, 0.5) is 0 Å². The van der Waals surface area contributed by atoms with Gasteiger partial charge in [0.2, 0.25) is 0 Å². The van der Waals surface area contributed by atoms with E-state index in [-0.39, 0.29) is 5.41 Å². The Balaban J connectivity index is 2.56. The van der Waals surface area contributed by atoms with E-state index >= 15 is 0 Å². The molecular weight excluding hydrogens is 212 g/mol. The number of aromatic nitrogens is 2. The van der Waals surface area contributed by atoms with Gasteiger partial charge in [-0.1, -0.05) is 13.8 Å². The van der Waals surface area contributed by atoms with E-state index < -0.39 is 0 Å². The molecule has 17 heavy (non-hydrogen) atoms. The molecule has 0 aromatic carbocycles. The molecule has 0 saturated heterocycles. The molecule has 2 aromatic heterocycles. The van der Waals surface area contributed by atoms with Crippen LogP contribution in [0.2, 0.25) is 0 Å². The number of hydrogen-bond acceptors (Lipinski definition) is 2. The maximum Gasteiger partial charge on any atom is 0.125 e. The van der Waals surface area contributed by atoms with Crippen LogP contribution in [-0.2, 0) is 11.2 Å². The highest BCUT2D eigenvalue weighted by Gasteiger charge is 2.21. The Kier molecular flexibility index (Phi) is 2.77. The fraction of sp³-hybridized carbons (Fsp3) is 0.429. The number of carbonyl (C=O) groups excluding carboxylic acids is 1. The molecule has 0 radical (unpaired) electrons. The Hall–Kier alpha value is -1.64. The lowest BCUT2D eigenvalue weighted by molar-refractivity contribution is -0.114. The molecule has 0 saturated carbocycles. The van der Waals surface area contributed by atoms with Gasteiger partial charge in [0.1, 0.15) is 6.29 Å². The maximum atomic E-state index is 11.0. The number of hydrogen-bond donors (Lipinski definition) is 1. The Labute approximate surface area is 101 Å². The molecule has 90 valence electrons. The van der Waals surface area contributed by atoms with Crippen LogP contribution in [0.3, 0.4) is 0 Å². The van der Waals surface area contributed by atoms with Crippen molar-refractivity contribution in [1.82, 2.24) is 9.97 Å². The summed E-state index contributed by atoms with van der Waals surface area (Å²) >= 11 is 0. The van der Waals surface area contributed by atoms with Crippen LogP contribution < -0.4 is 0 Å². The van der Waals surface area contributed by atoms with Crippen molar-refractivity contribution in [2.24, 2.45) is 5.41 Å². The summed E-state index contributed by atoms with van der Waals surface area (Å²) in [6.07, 6.45) is 1.74. The molecule has 3 heteroatoms. The number of carbonyl (C=O) groups is 1. The molecule has 0 spiro atoms. The van der Waals surface area contributed by atoms with E-state index in [1.807, 2.05) is 39.8 Å². The monoisotopic (exact) mass is 230 g/mol. The zero-order valence-electron chi connectivity index (χ0n) is 10.8. The molecule has 0 amide bonds. The van der Waals surface area contributed by atoms with Crippen LogP contribution in [0.15, 0.2) is 12.1 Å². The first-order valence-electron chi connectivity index (χ1n) is 5.84. The number of aldehydes is 1. The molecule has 1 N–H and O–H groups in total. The number of nitrogens with zero attached hydrogens (tertiary/aromatic N) is 1. The molecule has 0 atom stereocenters. The molecule has 0 unspecified atom stereocenters. The molecule has 0 aliphatic carbocycles. The number of pyridine rings is 1. The van der Waals surface area contributed by atoms with E-state index in [1.165, 1.54) is 0 Å². The summed E-state index contributed by atoms with van der Waals surface area (Å²) in [5, 5.41) is 0. The number of rotatable bonds is 3. The molecule has 2 heterocycles. The fourth-order valence-electron chi connectivity index (χ4n) is 2.06. The van der Waals surface area contributed by atoms with Gasteiger partial charge in [-0.3, -0.25) is 4.98 Å². The number of fused-ring (bicyclic) bond motifs is 1. The van der Waals surface area contributed by atoms with Gasteiger partial charge in [-0.15, -0.1) is 0 Å². The average molecular weight is 230 g/mol. The summed E-state index contributed by atoms with van der Waals surface area (Å²) < 4.78 is 0. The Morgan fingerprint density at radius 2 is 2.06 bits per heavy atom. The lowest BCUT2D eigenvalue weighted by Gasteiger charge is -2.16. The summed E-state index contributed by atoms with van der Waals surface area (Å²) in [6, 6.07) is 4.04. The number of nitrogens with one attached hydrogen (secondary N) is 1. The van der Waals surface area contributed by atoms with Crippen LogP contribution in [0, 0.1) is 19.3 Å². The van der Waals surface area contributed by atoms with E-state index in [0.717, 1.165) is 40.7 Å². The van der Waals surface area contributed by atoms with Gasteiger partial charge in [0.15, 0.2) is 0 Å². The van der Waals surface area contributed by atoms with E-state index in [9.17, 15) is 4.79 Å². The number of aryl methyl sites for hydroxylation is 2. The minimum Gasteiger partial charge on any atom is -0.357 e. The molecule has 3 nitrogen and oxygen atoms in total. The van der Waals surface area contributed by atoms with Crippen molar-refractivity contribution >= 4 is 17.3 Å². The lowest BCUT2D eigenvalue weighted by Crippen LogP contribution is -2.16. The normalized spacial score (nSPS) is 12.0. The van der Waals surface area contributed by atoms with Crippen molar-refractivity contribution in [2.75, 3.05) is 0 Å². The number of aromatic amines is 1. The van der Waals surface area contributed by atoms with Gasteiger partial charge in [-0.25, -0.2) is 0 Å². The minimum atomic E-state index is -0.342. The lowest BCUT2D eigenvalue weighted by atomic mass is 9.87. The van der Waals surface area contributed by atoms with Gasteiger partial charge >= 0.3 is 0 Å². The van der Waals surface area contributed by atoms with Gasteiger partial charge in [0.25, 0.3) is 0 Å². The topological polar surface area (TPSA) is 45.8 Å². The molecule has 2 aromatic rings. The van der Waals surface area contributed by atoms with Crippen molar-refractivity contribution < 1.29 is 4.79 Å². The number of H-pyrrole nitrogens is 1. The first-order chi connectivity index (χ1) is 7.93. The van der Waals surface area contributed by atoms with Crippen molar-refractivity contribution in [3.63, 3.8) is 0 Å². The second kappa shape index (κ2) is 3.99. The summed E-state index contributed by atoms with van der Waals surface area (Å²) in [4.78, 5) is 18.9.